The summed E-state index contributed by atoms with van der Waals surface area (Å²) in [6, 6.07) is 0. The molecule has 0 saturated heterocycles. The van der Waals surface area contributed by atoms with Crippen molar-refractivity contribution >= 4 is 0 Å². The molecule has 0 fully saturated rings. The lowest BCUT2D eigenvalue weighted by Gasteiger charge is -2.42. The van der Waals surface area contributed by atoms with Crippen molar-refractivity contribution < 1.29 is 83.8 Å². The number of benzene rings is 1. The van der Waals surface area contributed by atoms with E-state index in [1.54, 1.807) is 0 Å². The van der Waals surface area contributed by atoms with Gasteiger partial charge in [-0.2, -0.15) is 57.1 Å². The second-order valence-corrected chi connectivity index (χ2v) is 7.06. The van der Waals surface area contributed by atoms with Crippen LogP contribution in [-0.4, -0.2) is 42.9 Å². The van der Waals surface area contributed by atoms with E-state index in [0.717, 1.165) is 0 Å². The largest absolute Gasteiger partial charge is 0.460 e. The fourth-order valence-electron chi connectivity index (χ4n) is 2.67. The number of ether oxygens (including phenoxy) is 1. The van der Waals surface area contributed by atoms with Crippen LogP contribution < -0.4 is 0 Å². The van der Waals surface area contributed by atoms with E-state index in [1.165, 1.54) is 0 Å². The van der Waals surface area contributed by atoms with Crippen LogP contribution in [0, 0.1) is 29.1 Å². The van der Waals surface area contributed by atoms with Gasteiger partial charge in [0.1, 0.15) is 5.60 Å². The van der Waals surface area contributed by atoms with Crippen LogP contribution in [-0.2, 0) is 10.3 Å². The average molecular weight is 558 g/mol. The molecule has 0 saturated carbocycles. The number of halogens is 18. The first-order valence-corrected chi connectivity index (χ1v) is 8.22. The lowest BCUT2D eigenvalue weighted by molar-refractivity contribution is -0.441. The van der Waals surface area contributed by atoms with Crippen molar-refractivity contribution in [1.82, 2.24) is 0 Å². The highest BCUT2D eigenvalue weighted by atomic mass is 19.4. The Balaban J connectivity index is 3.75. The van der Waals surface area contributed by atoms with Crippen molar-refractivity contribution in [3.63, 3.8) is 0 Å². The summed E-state index contributed by atoms with van der Waals surface area (Å²) in [5, 5.41) is 0. The van der Waals surface area contributed by atoms with Crippen LogP contribution in [0.3, 0.4) is 0 Å². The Morgan fingerprint density at radius 1 is 0.514 bits per heavy atom. The van der Waals surface area contributed by atoms with Gasteiger partial charge < -0.3 is 4.74 Å². The van der Waals surface area contributed by atoms with Gasteiger partial charge in [0.2, 0.25) is 5.82 Å². The molecule has 0 aliphatic heterocycles. The third-order valence-corrected chi connectivity index (χ3v) is 4.75. The Morgan fingerprint density at radius 3 is 1.14 bits per heavy atom. The minimum atomic E-state index is -8.25. The van der Waals surface area contributed by atoms with E-state index < -0.39 is 82.5 Å². The minimum absolute atomic E-state index is 0.0524. The predicted octanol–water partition coefficient (Wildman–Crippen LogP) is 7.37. The van der Waals surface area contributed by atoms with E-state index in [4.69, 9.17) is 0 Å². The van der Waals surface area contributed by atoms with Crippen LogP contribution in [0.5, 0.6) is 0 Å². The maximum atomic E-state index is 14.1. The molecule has 1 nitrogen and oxygen atoms in total. The highest BCUT2D eigenvalue weighted by Crippen LogP contribution is 2.61. The topological polar surface area (TPSA) is 9.23 Å². The molecule has 0 bridgehead atoms. The summed E-state index contributed by atoms with van der Waals surface area (Å²) in [6.45, 7) is -0.185. The molecule has 204 valence electrons. The maximum absolute atomic E-state index is 14.1. The van der Waals surface area contributed by atoms with E-state index in [1.807, 2.05) is 0 Å². The Bertz CT molecular complexity index is 935. The number of methoxy groups -OCH3 is 1. The molecular weight excluding hydrogens is 550 g/mol. The minimum Gasteiger partial charge on any atom is -0.373 e. The SMILES string of the molecule is COC(C)(CC(F)(F)C(F)(F)C(F)(F)C(F)(F)C(F)(F)C(F)(F)F)c1c(F)c(F)c(F)c(F)c1F. The van der Waals surface area contributed by atoms with E-state index in [-0.39, 0.29) is 14.0 Å². The fraction of sp³-hybridized carbons (Fsp3) is 0.625. The monoisotopic (exact) mass is 558 g/mol. The van der Waals surface area contributed by atoms with E-state index in [0.29, 0.717) is 0 Å². The molecule has 0 N–H and O–H groups in total. The van der Waals surface area contributed by atoms with E-state index >= 15 is 0 Å². The Labute approximate surface area is 181 Å². The van der Waals surface area contributed by atoms with Crippen molar-refractivity contribution in [1.29, 1.82) is 0 Å². The molecule has 0 amide bonds. The van der Waals surface area contributed by atoms with Gasteiger partial charge in [-0.15, -0.1) is 0 Å². The van der Waals surface area contributed by atoms with Crippen molar-refractivity contribution in [2.45, 2.75) is 54.7 Å². The molecule has 1 rings (SSSR count). The quantitative estimate of drug-likeness (QED) is 0.184. The molecule has 1 aromatic rings. The fourth-order valence-corrected chi connectivity index (χ4v) is 2.67. The van der Waals surface area contributed by atoms with Crippen LogP contribution in [0.1, 0.15) is 18.9 Å². The van der Waals surface area contributed by atoms with Crippen LogP contribution in [0.25, 0.3) is 0 Å². The number of hydrogen-bond donors (Lipinski definition) is 0. The summed E-state index contributed by atoms with van der Waals surface area (Å²) >= 11 is 0. The summed E-state index contributed by atoms with van der Waals surface area (Å²) in [5.74, 6) is -54.1. The van der Waals surface area contributed by atoms with E-state index in [2.05, 4.69) is 4.74 Å². The van der Waals surface area contributed by atoms with Crippen LogP contribution in [0.2, 0.25) is 0 Å². The molecule has 0 radical (unpaired) electrons. The van der Waals surface area contributed by atoms with Crippen molar-refractivity contribution in [2.24, 2.45) is 0 Å². The summed E-state index contributed by atoms with van der Waals surface area (Å²) in [5.41, 5.74) is -6.49. The normalized spacial score (nSPS) is 16.5. The van der Waals surface area contributed by atoms with Gasteiger partial charge in [-0.3, -0.25) is 0 Å². The van der Waals surface area contributed by atoms with Gasteiger partial charge in [0.15, 0.2) is 23.3 Å². The van der Waals surface area contributed by atoms with Crippen LogP contribution >= 0.6 is 0 Å². The van der Waals surface area contributed by atoms with Gasteiger partial charge in [0.25, 0.3) is 0 Å². The van der Waals surface area contributed by atoms with Gasteiger partial charge in [-0.25, -0.2) is 22.0 Å². The molecule has 35 heavy (non-hydrogen) atoms. The van der Waals surface area contributed by atoms with Gasteiger partial charge in [-0.05, 0) is 6.92 Å². The standard InChI is InChI=1S/C16H8F18O/c1-10(35-2,4-5(17)7(19)9(21)8(20)6(4)18)3-11(22,23)12(24,25)13(26,27)14(28,29)15(30,31)16(32,33)34/h3H2,1-2H3. The second-order valence-electron chi connectivity index (χ2n) is 7.06. The van der Waals surface area contributed by atoms with Gasteiger partial charge >= 0.3 is 35.8 Å². The van der Waals surface area contributed by atoms with Crippen molar-refractivity contribution in [2.75, 3.05) is 7.11 Å². The zero-order chi connectivity index (χ0) is 28.4. The predicted molar refractivity (Wildman–Crippen MR) is 76.0 cm³/mol. The maximum Gasteiger partial charge on any atom is 0.460 e. The highest BCUT2D eigenvalue weighted by molar-refractivity contribution is 5.30. The number of rotatable bonds is 8. The third kappa shape index (κ3) is 4.26. The lowest BCUT2D eigenvalue weighted by Crippen LogP contribution is -2.70. The van der Waals surface area contributed by atoms with Crippen LogP contribution in [0.4, 0.5) is 79.0 Å². The third-order valence-electron chi connectivity index (χ3n) is 4.75. The number of hydrogen-bond acceptors (Lipinski definition) is 1. The smallest absolute Gasteiger partial charge is 0.373 e. The molecule has 1 atom stereocenters. The van der Waals surface area contributed by atoms with Gasteiger partial charge in [-0.1, -0.05) is 0 Å². The summed E-state index contributed by atoms with van der Waals surface area (Å²) in [6.07, 6.45) is -11.1. The zero-order valence-electron chi connectivity index (χ0n) is 16.4. The summed E-state index contributed by atoms with van der Waals surface area (Å²) in [7, 11) is 0.0524. The highest BCUT2D eigenvalue weighted by Gasteiger charge is 2.90. The molecule has 0 heterocycles. The molecule has 1 unspecified atom stereocenters. The average Bonchev–Trinajstić information content (AvgIpc) is 2.69. The lowest BCUT2D eigenvalue weighted by atomic mass is 9.83. The zero-order valence-corrected chi connectivity index (χ0v) is 16.4. The first kappa shape index (κ1) is 31.0. The molecule has 0 aliphatic carbocycles. The number of alkyl halides is 13. The molecular formula is C16H8F18O. The van der Waals surface area contributed by atoms with Crippen molar-refractivity contribution in [3.8, 4) is 0 Å². The Morgan fingerprint density at radius 2 is 0.829 bits per heavy atom. The molecule has 19 heteroatoms. The van der Waals surface area contributed by atoms with Crippen molar-refractivity contribution in [3.05, 3.63) is 34.6 Å². The molecule has 0 aliphatic rings. The molecule has 0 aromatic heterocycles. The Kier molecular flexibility index (Phi) is 7.52. The summed E-state index contributed by atoms with van der Waals surface area (Å²) < 4.78 is 243. The van der Waals surface area contributed by atoms with Gasteiger partial charge in [0.05, 0.1) is 12.0 Å². The van der Waals surface area contributed by atoms with E-state index in [9.17, 15) is 79.0 Å². The van der Waals surface area contributed by atoms with Crippen LogP contribution in [0.15, 0.2) is 0 Å². The van der Waals surface area contributed by atoms with Gasteiger partial charge in [0, 0.05) is 7.11 Å². The second kappa shape index (κ2) is 8.50. The Hall–Kier alpha value is -2.08. The molecule has 0 spiro atoms. The first-order valence-electron chi connectivity index (χ1n) is 8.22. The first-order chi connectivity index (χ1) is 15.2. The summed E-state index contributed by atoms with van der Waals surface area (Å²) in [4.78, 5) is 0. The molecule has 1 aromatic carbocycles.